The highest BCUT2D eigenvalue weighted by atomic mass is 19.1. The lowest BCUT2D eigenvalue weighted by molar-refractivity contribution is 0.227. The van der Waals surface area contributed by atoms with Gasteiger partial charge in [0, 0.05) is 29.1 Å². The molecule has 0 saturated heterocycles. The van der Waals surface area contributed by atoms with Gasteiger partial charge in [-0.1, -0.05) is 6.07 Å². The summed E-state index contributed by atoms with van der Waals surface area (Å²) in [5.74, 6) is 0.180. The highest BCUT2D eigenvalue weighted by Gasteiger charge is 2.23. The van der Waals surface area contributed by atoms with Gasteiger partial charge in [0.15, 0.2) is 11.6 Å². The molecule has 7 nitrogen and oxygen atoms in total. The molecule has 1 unspecified atom stereocenters. The number of anilines is 1. The van der Waals surface area contributed by atoms with Gasteiger partial charge < -0.3 is 10.5 Å². The zero-order chi connectivity index (χ0) is 21.5. The molecule has 0 aliphatic carbocycles. The van der Waals surface area contributed by atoms with E-state index in [9.17, 15) is 9.65 Å². The minimum Gasteiger partial charge on any atom is -0.482 e. The molecule has 8 heteroatoms. The van der Waals surface area contributed by atoms with E-state index in [4.69, 9.17) is 10.5 Å². The monoisotopic (exact) mass is 412 g/mol. The number of nitriles is 1. The normalized spacial score (nSPS) is 14.7. The van der Waals surface area contributed by atoms with Crippen LogP contribution in [0, 0.1) is 17.1 Å². The molecule has 152 valence electrons. The van der Waals surface area contributed by atoms with E-state index in [1.54, 1.807) is 29.2 Å². The lowest BCUT2D eigenvalue weighted by atomic mass is 9.96. The molecular formula is C23H17FN6O. The van der Waals surface area contributed by atoms with Crippen LogP contribution in [0.4, 0.5) is 10.2 Å². The molecule has 31 heavy (non-hydrogen) atoms. The minimum atomic E-state index is -0.528. The molecule has 4 heterocycles. The molecule has 3 aromatic heterocycles. The fraction of sp³-hybridized carbons (Fsp3) is 0.130. The van der Waals surface area contributed by atoms with Crippen LogP contribution in [0.25, 0.3) is 22.5 Å². The van der Waals surface area contributed by atoms with Crippen molar-refractivity contribution < 1.29 is 9.13 Å². The van der Waals surface area contributed by atoms with E-state index in [2.05, 4.69) is 21.1 Å². The number of ether oxygens (including phenoxy) is 1. The van der Waals surface area contributed by atoms with Crippen LogP contribution in [0.3, 0.4) is 0 Å². The number of rotatable bonds is 0. The summed E-state index contributed by atoms with van der Waals surface area (Å²) in [6.45, 7) is 2.19. The molecule has 1 aliphatic rings. The number of pyridine rings is 2. The number of hydrogen-bond acceptors (Lipinski definition) is 6. The van der Waals surface area contributed by atoms with Crippen molar-refractivity contribution in [2.45, 2.75) is 19.6 Å². The van der Waals surface area contributed by atoms with E-state index < -0.39 is 6.10 Å². The molecule has 2 bridgehead atoms. The average molecular weight is 412 g/mol. The van der Waals surface area contributed by atoms with E-state index in [0.717, 1.165) is 11.1 Å². The summed E-state index contributed by atoms with van der Waals surface area (Å²) in [5, 5.41) is 14.0. The van der Waals surface area contributed by atoms with Crippen LogP contribution in [0.1, 0.15) is 29.7 Å². The molecule has 0 amide bonds. The minimum absolute atomic E-state index is 0.203. The Morgan fingerprint density at radius 1 is 1.23 bits per heavy atom. The van der Waals surface area contributed by atoms with Crippen molar-refractivity contribution in [2.24, 2.45) is 0 Å². The number of nitrogens with zero attached hydrogens (tertiary/aromatic N) is 5. The predicted molar refractivity (Wildman–Crippen MR) is 112 cm³/mol. The number of nitrogens with two attached hydrogens (primary N) is 1. The highest BCUT2D eigenvalue weighted by molar-refractivity contribution is 5.71. The van der Waals surface area contributed by atoms with Gasteiger partial charge in [0.25, 0.3) is 0 Å². The first-order chi connectivity index (χ1) is 15.0. The van der Waals surface area contributed by atoms with Crippen LogP contribution >= 0.6 is 0 Å². The quantitative estimate of drug-likeness (QED) is 0.466. The number of fused-ring (bicyclic) bond motifs is 7. The third-order valence-corrected chi connectivity index (χ3v) is 5.34. The molecule has 0 radical (unpaired) electrons. The molecular weight excluding hydrogens is 395 g/mol. The second-order valence-electron chi connectivity index (χ2n) is 7.29. The van der Waals surface area contributed by atoms with Crippen molar-refractivity contribution in [3.63, 3.8) is 0 Å². The molecule has 0 saturated carbocycles. The second-order valence-corrected chi connectivity index (χ2v) is 7.29. The van der Waals surface area contributed by atoms with Gasteiger partial charge in [0.1, 0.15) is 18.0 Å². The van der Waals surface area contributed by atoms with Crippen LogP contribution in [-0.4, -0.2) is 19.7 Å². The first-order valence-electron chi connectivity index (χ1n) is 9.67. The number of hydrogen-bond donors (Lipinski definition) is 1. The van der Waals surface area contributed by atoms with E-state index in [1.807, 2.05) is 19.1 Å². The SMILES string of the molecule is CC1Oc2cc(cnc2N)-c2c(C#N)cnn2Cc2cccnc2-c2ccc(F)cc21. The van der Waals surface area contributed by atoms with Crippen LogP contribution in [0.5, 0.6) is 5.75 Å². The highest BCUT2D eigenvalue weighted by Crippen LogP contribution is 2.37. The first-order valence-corrected chi connectivity index (χ1v) is 9.67. The van der Waals surface area contributed by atoms with Crippen molar-refractivity contribution >= 4 is 5.82 Å². The lowest BCUT2D eigenvalue weighted by Gasteiger charge is -2.22. The van der Waals surface area contributed by atoms with E-state index in [-0.39, 0.29) is 11.6 Å². The Morgan fingerprint density at radius 2 is 2.10 bits per heavy atom. The van der Waals surface area contributed by atoms with E-state index >= 15 is 0 Å². The van der Waals surface area contributed by atoms with Gasteiger partial charge >= 0.3 is 0 Å². The third kappa shape index (κ3) is 3.16. The van der Waals surface area contributed by atoms with E-state index in [0.29, 0.717) is 40.4 Å². The lowest BCUT2D eigenvalue weighted by Crippen LogP contribution is -2.12. The summed E-state index contributed by atoms with van der Waals surface area (Å²) >= 11 is 0. The Hall–Kier alpha value is -4.25. The average Bonchev–Trinajstić information content (AvgIpc) is 3.17. The van der Waals surface area contributed by atoms with Crippen molar-refractivity contribution in [1.82, 2.24) is 19.7 Å². The van der Waals surface area contributed by atoms with Crippen LogP contribution in [0.15, 0.2) is 55.0 Å². The largest absolute Gasteiger partial charge is 0.482 e. The summed E-state index contributed by atoms with van der Waals surface area (Å²) in [4.78, 5) is 8.83. The van der Waals surface area contributed by atoms with Crippen LogP contribution in [0.2, 0.25) is 0 Å². The smallest absolute Gasteiger partial charge is 0.166 e. The maximum Gasteiger partial charge on any atom is 0.166 e. The Labute approximate surface area is 177 Å². The van der Waals surface area contributed by atoms with Crippen molar-refractivity contribution in [3.8, 4) is 34.3 Å². The van der Waals surface area contributed by atoms with Gasteiger partial charge in [-0.2, -0.15) is 10.4 Å². The standard InChI is InChI=1S/C23H17FN6O/c1-13-19-8-17(24)4-5-18(19)21-14(3-2-6-27-21)12-30-22(16(9-25)11-29-30)15-7-20(31-13)23(26)28-10-15/h2-8,10-11,13H,12H2,1H3,(H2,26,28). The molecule has 4 aromatic rings. The molecule has 1 aromatic carbocycles. The zero-order valence-corrected chi connectivity index (χ0v) is 16.6. The van der Waals surface area contributed by atoms with Crippen LogP contribution in [-0.2, 0) is 6.54 Å². The second kappa shape index (κ2) is 7.22. The van der Waals surface area contributed by atoms with Gasteiger partial charge in [0.05, 0.1) is 29.7 Å². The Balaban J connectivity index is 1.83. The van der Waals surface area contributed by atoms with Gasteiger partial charge in [-0.3, -0.25) is 9.67 Å². The summed E-state index contributed by atoms with van der Waals surface area (Å²) < 4.78 is 22.0. The van der Waals surface area contributed by atoms with Crippen LogP contribution < -0.4 is 10.5 Å². The molecule has 0 fully saturated rings. The molecule has 0 spiro atoms. The van der Waals surface area contributed by atoms with Gasteiger partial charge in [-0.15, -0.1) is 0 Å². The zero-order valence-electron chi connectivity index (χ0n) is 16.6. The van der Waals surface area contributed by atoms with Gasteiger partial charge in [0.2, 0.25) is 0 Å². The molecule has 2 N–H and O–H groups in total. The maximum absolute atomic E-state index is 14.2. The number of halogens is 1. The fourth-order valence-electron chi connectivity index (χ4n) is 3.88. The Bertz CT molecular complexity index is 1360. The summed E-state index contributed by atoms with van der Waals surface area (Å²) in [6, 6.07) is 12.2. The summed E-state index contributed by atoms with van der Waals surface area (Å²) in [7, 11) is 0. The number of aromatic nitrogens is 4. The first kappa shape index (κ1) is 18.8. The summed E-state index contributed by atoms with van der Waals surface area (Å²) in [6.07, 6.45) is 4.27. The molecule has 5 rings (SSSR count). The number of nitrogen functional groups attached to an aromatic ring is 1. The number of benzene rings is 1. The van der Waals surface area contributed by atoms with Gasteiger partial charge in [-0.25, -0.2) is 9.37 Å². The predicted octanol–water partition coefficient (Wildman–Crippen LogP) is 4.10. The molecule has 1 atom stereocenters. The van der Waals surface area contributed by atoms with Crippen molar-refractivity contribution in [2.75, 3.05) is 5.73 Å². The van der Waals surface area contributed by atoms with Crippen molar-refractivity contribution in [3.05, 3.63) is 77.5 Å². The topological polar surface area (TPSA) is 103 Å². The molecule has 1 aliphatic heterocycles. The van der Waals surface area contributed by atoms with Gasteiger partial charge in [-0.05, 0) is 42.8 Å². The fourth-order valence-corrected chi connectivity index (χ4v) is 3.88. The summed E-state index contributed by atoms with van der Waals surface area (Å²) in [5.41, 5.74) is 10.7. The Kier molecular flexibility index (Phi) is 4.37. The third-order valence-electron chi connectivity index (χ3n) is 5.34. The maximum atomic E-state index is 14.2. The Morgan fingerprint density at radius 3 is 2.94 bits per heavy atom. The van der Waals surface area contributed by atoms with Crippen molar-refractivity contribution in [1.29, 1.82) is 5.26 Å². The van der Waals surface area contributed by atoms with E-state index in [1.165, 1.54) is 18.3 Å².